The molecule has 1 rings (SSSR count). The van der Waals surface area contributed by atoms with E-state index in [2.05, 4.69) is 4.18 Å². The van der Waals surface area contributed by atoms with Crippen LogP contribution in [0.3, 0.4) is 0 Å². The minimum Gasteiger partial charge on any atom is -1.00 e. The molecule has 5 heteroatoms. The van der Waals surface area contributed by atoms with Crippen LogP contribution < -0.4 is 0 Å². The summed E-state index contributed by atoms with van der Waals surface area (Å²) in [5, 5.41) is 0. The maximum Gasteiger partial charge on any atom is 2.00 e. The Hall–Kier alpha value is 0.390. The smallest absolute Gasteiger partial charge is 1.00 e. The van der Waals surface area contributed by atoms with Gasteiger partial charge < -0.3 is 2.85 Å². The second kappa shape index (κ2) is 5.32. The SMILES string of the molecule is COS(=O)(=O)c1ccc(C)cc1.[Ca+2].[H-].[H-]. The maximum atomic E-state index is 11.1. The molecule has 1 aromatic rings. The zero-order valence-corrected chi connectivity index (χ0v) is 10.7. The summed E-state index contributed by atoms with van der Waals surface area (Å²) in [5.74, 6) is 0. The molecule has 0 radical (unpaired) electrons. The van der Waals surface area contributed by atoms with E-state index < -0.39 is 10.1 Å². The third-order valence-electron chi connectivity index (χ3n) is 1.53. The third kappa shape index (κ3) is 3.56. The Balaban J connectivity index is -0.000000480. The first-order valence-corrected chi connectivity index (χ1v) is 4.84. The van der Waals surface area contributed by atoms with Gasteiger partial charge in [-0.05, 0) is 19.1 Å². The van der Waals surface area contributed by atoms with Gasteiger partial charge >= 0.3 is 37.7 Å². The molecular formula is C8H12CaO3S. The fraction of sp³-hybridized carbons (Fsp3) is 0.250. The summed E-state index contributed by atoms with van der Waals surface area (Å²) >= 11 is 0. The molecule has 0 atom stereocenters. The molecule has 0 N–H and O–H groups in total. The molecule has 0 unspecified atom stereocenters. The van der Waals surface area contributed by atoms with Crippen molar-refractivity contribution in [3.8, 4) is 0 Å². The van der Waals surface area contributed by atoms with Gasteiger partial charge in [-0.25, -0.2) is 0 Å². The van der Waals surface area contributed by atoms with Crippen molar-refractivity contribution >= 4 is 47.9 Å². The Morgan fingerprint density at radius 2 is 1.69 bits per heavy atom. The molecule has 13 heavy (non-hydrogen) atoms. The molecule has 0 aromatic heterocycles. The molecule has 0 aliphatic rings. The van der Waals surface area contributed by atoms with E-state index in [1.165, 1.54) is 12.1 Å². The second-order valence-corrected chi connectivity index (χ2v) is 4.15. The van der Waals surface area contributed by atoms with Crippen LogP contribution in [0, 0.1) is 6.92 Å². The largest absolute Gasteiger partial charge is 2.00 e. The summed E-state index contributed by atoms with van der Waals surface area (Å²) in [6.45, 7) is 1.89. The summed E-state index contributed by atoms with van der Waals surface area (Å²) in [7, 11) is -2.37. The first kappa shape index (κ1) is 13.4. The molecule has 0 spiro atoms. The molecule has 0 amide bonds. The molecular weight excluding hydrogens is 216 g/mol. The van der Waals surface area contributed by atoms with Gasteiger partial charge in [0.2, 0.25) is 0 Å². The van der Waals surface area contributed by atoms with Crippen LogP contribution in [-0.2, 0) is 14.3 Å². The van der Waals surface area contributed by atoms with E-state index >= 15 is 0 Å². The van der Waals surface area contributed by atoms with Crippen LogP contribution in [0.4, 0.5) is 0 Å². The number of benzene rings is 1. The fourth-order valence-electron chi connectivity index (χ4n) is 0.801. The fourth-order valence-corrected chi connectivity index (χ4v) is 1.46. The second-order valence-electron chi connectivity index (χ2n) is 2.43. The summed E-state index contributed by atoms with van der Waals surface area (Å²) < 4.78 is 26.5. The number of aryl methyl sites for hydroxylation is 1. The van der Waals surface area contributed by atoms with Crippen LogP contribution >= 0.6 is 0 Å². The predicted molar refractivity (Wildman–Crippen MR) is 53.4 cm³/mol. The van der Waals surface area contributed by atoms with E-state index in [1.54, 1.807) is 12.1 Å². The molecule has 0 bridgehead atoms. The monoisotopic (exact) mass is 228 g/mol. The normalized spacial score (nSPS) is 10.6. The van der Waals surface area contributed by atoms with Crippen molar-refractivity contribution in [2.75, 3.05) is 7.11 Å². The predicted octanol–water partition coefficient (Wildman–Crippen LogP) is 1.17. The van der Waals surface area contributed by atoms with Gasteiger partial charge in [0.1, 0.15) is 0 Å². The Morgan fingerprint density at radius 3 is 2.08 bits per heavy atom. The Kier molecular flexibility index (Phi) is 5.47. The van der Waals surface area contributed by atoms with E-state index in [4.69, 9.17) is 0 Å². The van der Waals surface area contributed by atoms with Crippen molar-refractivity contribution in [3.63, 3.8) is 0 Å². The van der Waals surface area contributed by atoms with Gasteiger partial charge in [-0.15, -0.1) is 0 Å². The Bertz CT molecular complexity index is 364. The van der Waals surface area contributed by atoms with E-state index in [0.717, 1.165) is 12.7 Å². The van der Waals surface area contributed by atoms with Gasteiger partial charge in [0.05, 0.1) is 12.0 Å². The molecule has 0 fully saturated rings. The van der Waals surface area contributed by atoms with E-state index in [0.29, 0.717) is 0 Å². The minimum atomic E-state index is -3.51. The average molecular weight is 228 g/mol. The van der Waals surface area contributed by atoms with Crippen LogP contribution in [0.2, 0.25) is 0 Å². The van der Waals surface area contributed by atoms with Crippen LogP contribution in [0.1, 0.15) is 8.42 Å². The number of hydrogen-bond acceptors (Lipinski definition) is 3. The zero-order chi connectivity index (χ0) is 9.19. The zero-order valence-electron chi connectivity index (χ0n) is 9.65. The van der Waals surface area contributed by atoms with Gasteiger partial charge in [-0.2, -0.15) is 8.42 Å². The van der Waals surface area contributed by atoms with E-state index in [-0.39, 0.29) is 45.5 Å². The molecule has 70 valence electrons. The Labute approximate surface area is 111 Å². The maximum absolute atomic E-state index is 11.1. The molecule has 0 heterocycles. The molecule has 0 aliphatic heterocycles. The number of hydrogen-bond donors (Lipinski definition) is 0. The average Bonchev–Trinajstić information content (AvgIpc) is 2.05. The third-order valence-corrected chi connectivity index (χ3v) is 2.82. The van der Waals surface area contributed by atoms with E-state index in [1.807, 2.05) is 6.92 Å². The van der Waals surface area contributed by atoms with Crippen molar-refractivity contribution in [2.24, 2.45) is 0 Å². The first-order chi connectivity index (χ1) is 5.56. The van der Waals surface area contributed by atoms with Crippen LogP contribution in [-0.4, -0.2) is 53.3 Å². The van der Waals surface area contributed by atoms with Crippen molar-refractivity contribution in [1.82, 2.24) is 0 Å². The van der Waals surface area contributed by atoms with Gasteiger partial charge in [0, 0.05) is 0 Å². The molecule has 1 aromatic carbocycles. The van der Waals surface area contributed by atoms with Crippen molar-refractivity contribution in [2.45, 2.75) is 11.8 Å². The van der Waals surface area contributed by atoms with Gasteiger partial charge in [0.25, 0.3) is 10.1 Å². The topological polar surface area (TPSA) is 43.4 Å². The van der Waals surface area contributed by atoms with Crippen LogP contribution in [0.25, 0.3) is 0 Å². The van der Waals surface area contributed by atoms with Gasteiger partial charge in [-0.3, -0.25) is 4.18 Å². The standard InChI is InChI=1S/C8H10O3S.Ca.2H/c1-7-3-5-8(6-4-7)12(9,10)11-2;;;/h3-6H,1-2H3;;;/q;+2;2*-1. The molecule has 0 aliphatic carbocycles. The minimum absolute atomic E-state index is 0. The summed E-state index contributed by atoms with van der Waals surface area (Å²) in [6.07, 6.45) is 0. The summed E-state index contributed by atoms with van der Waals surface area (Å²) in [6, 6.07) is 6.50. The van der Waals surface area contributed by atoms with E-state index in [9.17, 15) is 8.42 Å². The molecule has 0 saturated heterocycles. The summed E-state index contributed by atoms with van der Waals surface area (Å²) in [5.41, 5.74) is 1.02. The van der Waals surface area contributed by atoms with Crippen LogP contribution in [0.15, 0.2) is 29.2 Å². The molecule has 3 nitrogen and oxygen atoms in total. The Morgan fingerprint density at radius 1 is 1.23 bits per heavy atom. The van der Waals surface area contributed by atoms with Crippen molar-refractivity contribution < 1.29 is 15.5 Å². The summed E-state index contributed by atoms with van der Waals surface area (Å²) in [4.78, 5) is 0.190. The number of rotatable bonds is 2. The molecule has 0 saturated carbocycles. The van der Waals surface area contributed by atoms with Gasteiger partial charge in [-0.1, -0.05) is 17.7 Å². The van der Waals surface area contributed by atoms with Crippen LogP contribution in [0.5, 0.6) is 0 Å². The van der Waals surface area contributed by atoms with Crippen molar-refractivity contribution in [3.05, 3.63) is 29.8 Å². The van der Waals surface area contributed by atoms with Gasteiger partial charge in [0.15, 0.2) is 0 Å². The van der Waals surface area contributed by atoms with Crippen molar-refractivity contribution in [1.29, 1.82) is 0 Å². The quantitative estimate of drug-likeness (QED) is 0.564. The first-order valence-electron chi connectivity index (χ1n) is 3.43.